The highest BCUT2D eigenvalue weighted by Crippen LogP contribution is 2.27. The summed E-state index contributed by atoms with van der Waals surface area (Å²) in [6.07, 6.45) is 3.74. The molecule has 0 unspecified atom stereocenters. The van der Waals surface area contributed by atoms with Crippen molar-refractivity contribution in [1.82, 2.24) is 14.9 Å². The number of anilines is 1. The molecule has 0 atom stereocenters. The molecule has 0 radical (unpaired) electrons. The molecule has 0 spiro atoms. The first-order valence-electron chi connectivity index (χ1n) is 9.49. The molecule has 1 heterocycles. The lowest BCUT2D eigenvalue weighted by molar-refractivity contribution is 0.329. The molecule has 0 amide bonds. The van der Waals surface area contributed by atoms with E-state index in [1.807, 2.05) is 12.1 Å². The zero-order valence-electron chi connectivity index (χ0n) is 16.4. The van der Waals surface area contributed by atoms with Gasteiger partial charge in [-0.3, -0.25) is 0 Å². The van der Waals surface area contributed by atoms with Gasteiger partial charge in [-0.05, 0) is 64.5 Å². The maximum Gasteiger partial charge on any atom is 0.322 e. The van der Waals surface area contributed by atoms with Gasteiger partial charge in [0.15, 0.2) is 0 Å². The molecule has 3 rings (SSSR count). The van der Waals surface area contributed by atoms with Gasteiger partial charge in [0, 0.05) is 23.2 Å². The summed E-state index contributed by atoms with van der Waals surface area (Å²) in [7, 11) is -3.29. The molecule has 1 saturated carbocycles. The van der Waals surface area contributed by atoms with Gasteiger partial charge in [-0.15, -0.1) is 0 Å². The number of nitrogens with zero attached hydrogens (tertiary/aromatic N) is 2. The minimum absolute atomic E-state index is 0.239. The van der Waals surface area contributed by atoms with Crippen molar-refractivity contribution in [1.29, 1.82) is 0 Å². The van der Waals surface area contributed by atoms with Gasteiger partial charge < -0.3 is 9.84 Å². The van der Waals surface area contributed by atoms with Crippen LogP contribution in [0, 0.1) is 5.92 Å². The van der Waals surface area contributed by atoms with Crippen molar-refractivity contribution in [3.8, 4) is 11.4 Å². The van der Waals surface area contributed by atoms with E-state index in [1.54, 1.807) is 32.9 Å². The second-order valence-corrected chi connectivity index (χ2v) is 11.2. The van der Waals surface area contributed by atoms with Crippen LogP contribution in [0.5, 0.6) is 0 Å². The summed E-state index contributed by atoms with van der Waals surface area (Å²) in [5, 5.41) is 7.92. The van der Waals surface area contributed by atoms with Crippen LogP contribution in [0.25, 0.3) is 11.4 Å². The molecule has 1 aliphatic rings. The number of hydrogen-bond acceptors (Lipinski definition) is 6. The van der Waals surface area contributed by atoms with Gasteiger partial charge in [0.25, 0.3) is 0 Å². The van der Waals surface area contributed by atoms with E-state index >= 15 is 0 Å². The van der Waals surface area contributed by atoms with E-state index in [2.05, 4.69) is 20.2 Å². The number of rotatable bonds is 6. The van der Waals surface area contributed by atoms with Crippen LogP contribution in [0.1, 0.15) is 46.5 Å². The molecule has 1 fully saturated rings. The second kappa shape index (κ2) is 8.39. The van der Waals surface area contributed by atoms with Crippen LogP contribution in [0.3, 0.4) is 0 Å². The Kier molecular flexibility index (Phi) is 6.31. The number of sulfonamides is 1. The summed E-state index contributed by atoms with van der Waals surface area (Å²) < 4.78 is 31.6. The molecule has 1 aromatic carbocycles. The second-order valence-electron chi connectivity index (χ2n) is 8.26. The maximum absolute atomic E-state index is 12.2. The monoisotopic (exact) mass is 426 g/mol. The van der Waals surface area contributed by atoms with Crippen molar-refractivity contribution >= 4 is 27.6 Å². The molecule has 9 heteroatoms. The highest BCUT2D eigenvalue weighted by Gasteiger charge is 2.30. The summed E-state index contributed by atoms with van der Waals surface area (Å²) in [6, 6.07) is 7.94. The van der Waals surface area contributed by atoms with Gasteiger partial charge in [0.05, 0.1) is 4.75 Å². The summed E-state index contributed by atoms with van der Waals surface area (Å²) in [5.74, 6) is 0.843. The average molecular weight is 427 g/mol. The number of halogens is 1. The minimum atomic E-state index is -3.29. The number of nitrogens with one attached hydrogen (secondary N) is 2. The van der Waals surface area contributed by atoms with E-state index in [1.165, 1.54) is 0 Å². The quantitative estimate of drug-likeness (QED) is 0.722. The van der Waals surface area contributed by atoms with Crippen LogP contribution < -0.4 is 10.0 Å². The standard InChI is InChI=1S/C19H27ClN4O3S/c1-19(2,3)28(25,26)21-12-13-7-9-16(10-8-13)22-18-23-17(24-27-18)14-5-4-6-15(20)11-14/h4-6,11,13,16,21H,7-10,12H2,1-3H3,(H,22,23,24). The van der Waals surface area contributed by atoms with Crippen LogP contribution in [0.15, 0.2) is 28.8 Å². The van der Waals surface area contributed by atoms with Crippen LogP contribution in [0.2, 0.25) is 5.02 Å². The lowest BCUT2D eigenvalue weighted by Crippen LogP contribution is -2.42. The fourth-order valence-corrected chi connectivity index (χ4v) is 4.23. The van der Waals surface area contributed by atoms with Gasteiger partial charge in [-0.1, -0.05) is 28.9 Å². The Morgan fingerprint density at radius 1 is 1.21 bits per heavy atom. The molecule has 0 aliphatic heterocycles. The van der Waals surface area contributed by atoms with Crippen molar-refractivity contribution < 1.29 is 12.9 Å². The molecule has 154 valence electrons. The molecule has 7 nitrogen and oxygen atoms in total. The number of hydrogen-bond donors (Lipinski definition) is 2. The van der Waals surface area contributed by atoms with Crippen molar-refractivity contribution in [2.24, 2.45) is 5.92 Å². The van der Waals surface area contributed by atoms with E-state index in [4.69, 9.17) is 16.1 Å². The first-order chi connectivity index (χ1) is 13.1. The zero-order valence-corrected chi connectivity index (χ0v) is 18.0. The molecular formula is C19H27ClN4O3S. The predicted molar refractivity (Wildman–Crippen MR) is 111 cm³/mol. The Bertz CT molecular complexity index is 900. The lowest BCUT2D eigenvalue weighted by Gasteiger charge is -2.29. The third kappa shape index (κ3) is 5.24. The van der Waals surface area contributed by atoms with Crippen molar-refractivity contribution in [3.63, 3.8) is 0 Å². The number of benzene rings is 1. The lowest BCUT2D eigenvalue weighted by atomic mass is 9.86. The topological polar surface area (TPSA) is 97.1 Å². The van der Waals surface area contributed by atoms with E-state index in [9.17, 15) is 8.42 Å². The van der Waals surface area contributed by atoms with Crippen molar-refractivity contribution in [2.75, 3.05) is 11.9 Å². The Balaban J connectivity index is 1.49. The molecule has 28 heavy (non-hydrogen) atoms. The van der Waals surface area contributed by atoms with Gasteiger partial charge in [-0.2, -0.15) is 4.98 Å². The maximum atomic E-state index is 12.2. The largest absolute Gasteiger partial charge is 0.335 e. The normalized spacial score (nSPS) is 20.9. The van der Waals surface area contributed by atoms with Crippen LogP contribution in [-0.4, -0.2) is 35.9 Å². The van der Waals surface area contributed by atoms with E-state index < -0.39 is 14.8 Å². The molecule has 1 aliphatic carbocycles. The Morgan fingerprint density at radius 3 is 2.57 bits per heavy atom. The molecule has 0 bridgehead atoms. The Hall–Kier alpha value is -1.64. The first-order valence-corrected chi connectivity index (χ1v) is 11.4. The smallest absolute Gasteiger partial charge is 0.322 e. The Labute approximate surface area is 171 Å². The fourth-order valence-electron chi connectivity index (χ4n) is 3.16. The molecule has 0 saturated heterocycles. The summed E-state index contributed by atoms with van der Waals surface area (Å²) in [4.78, 5) is 4.39. The summed E-state index contributed by atoms with van der Waals surface area (Å²) >= 11 is 6.00. The third-order valence-corrected chi connectivity index (χ3v) is 7.45. The summed E-state index contributed by atoms with van der Waals surface area (Å²) in [6.45, 7) is 5.61. The summed E-state index contributed by atoms with van der Waals surface area (Å²) in [5.41, 5.74) is 0.805. The minimum Gasteiger partial charge on any atom is -0.335 e. The van der Waals surface area contributed by atoms with Gasteiger partial charge in [0.1, 0.15) is 0 Å². The number of aromatic nitrogens is 2. The highest BCUT2D eigenvalue weighted by molar-refractivity contribution is 7.90. The van der Waals surface area contributed by atoms with Crippen molar-refractivity contribution in [3.05, 3.63) is 29.3 Å². The van der Waals surface area contributed by atoms with E-state index in [-0.39, 0.29) is 6.04 Å². The van der Waals surface area contributed by atoms with E-state index in [0.717, 1.165) is 31.2 Å². The average Bonchev–Trinajstić information content (AvgIpc) is 3.09. The van der Waals surface area contributed by atoms with Crippen LogP contribution >= 0.6 is 11.6 Å². The SMILES string of the molecule is CC(C)(C)S(=O)(=O)NCC1CCC(Nc2nc(-c3cccc(Cl)c3)no2)CC1. The van der Waals surface area contributed by atoms with Crippen LogP contribution in [-0.2, 0) is 10.0 Å². The fraction of sp³-hybridized carbons (Fsp3) is 0.579. The highest BCUT2D eigenvalue weighted by atomic mass is 35.5. The molecule has 2 N–H and O–H groups in total. The Morgan fingerprint density at radius 2 is 1.93 bits per heavy atom. The van der Waals surface area contributed by atoms with Gasteiger partial charge in [0.2, 0.25) is 15.8 Å². The van der Waals surface area contributed by atoms with E-state index in [0.29, 0.717) is 29.3 Å². The van der Waals surface area contributed by atoms with Gasteiger partial charge >= 0.3 is 6.01 Å². The molecule has 1 aromatic heterocycles. The molecule has 2 aromatic rings. The predicted octanol–water partition coefficient (Wildman–Crippen LogP) is 4.08. The van der Waals surface area contributed by atoms with Crippen LogP contribution in [0.4, 0.5) is 6.01 Å². The zero-order chi connectivity index (χ0) is 20.4. The third-order valence-electron chi connectivity index (χ3n) is 5.05. The van der Waals surface area contributed by atoms with Gasteiger partial charge in [-0.25, -0.2) is 13.1 Å². The molecular weight excluding hydrogens is 400 g/mol. The van der Waals surface area contributed by atoms with Crippen molar-refractivity contribution in [2.45, 2.75) is 57.2 Å². The first kappa shape index (κ1) is 21.1.